The van der Waals surface area contributed by atoms with E-state index in [1.165, 1.54) is 11.1 Å². The van der Waals surface area contributed by atoms with E-state index in [2.05, 4.69) is 54.8 Å². The van der Waals surface area contributed by atoms with Crippen molar-refractivity contribution in [3.63, 3.8) is 0 Å². The first-order valence-corrected chi connectivity index (χ1v) is 9.61. The Morgan fingerprint density at radius 1 is 1.16 bits per heavy atom. The Balaban J connectivity index is 1.65. The molecule has 1 aromatic rings. The van der Waals surface area contributed by atoms with Gasteiger partial charge in [0.1, 0.15) is 0 Å². The van der Waals surface area contributed by atoms with Crippen LogP contribution in [0.1, 0.15) is 57.2 Å². The topological polar surface area (TPSA) is 43.8 Å². The summed E-state index contributed by atoms with van der Waals surface area (Å²) in [6.07, 6.45) is 3.14. The lowest BCUT2D eigenvalue weighted by Crippen LogP contribution is -2.39. The number of likely N-dealkylation sites (tertiary alicyclic amines) is 2. The summed E-state index contributed by atoms with van der Waals surface area (Å²) in [5.41, 5.74) is 2.75. The van der Waals surface area contributed by atoms with Crippen LogP contribution in [0.5, 0.6) is 0 Å². The van der Waals surface area contributed by atoms with Gasteiger partial charge >= 0.3 is 0 Å². The number of carbonyl (C=O) groups is 1. The molecule has 138 valence electrons. The van der Waals surface area contributed by atoms with E-state index in [1.807, 2.05) is 0 Å². The van der Waals surface area contributed by atoms with Crippen molar-refractivity contribution >= 4 is 5.91 Å². The van der Waals surface area contributed by atoms with Gasteiger partial charge < -0.3 is 10.0 Å². The smallest absolute Gasteiger partial charge is 0.237 e. The molecule has 25 heavy (non-hydrogen) atoms. The van der Waals surface area contributed by atoms with Crippen molar-refractivity contribution in [2.24, 2.45) is 5.92 Å². The zero-order valence-corrected chi connectivity index (χ0v) is 15.9. The highest BCUT2D eigenvalue weighted by molar-refractivity contribution is 5.79. The molecule has 0 aromatic heterocycles. The van der Waals surface area contributed by atoms with E-state index in [9.17, 15) is 9.90 Å². The fraction of sp³-hybridized carbons (Fsp3) is 0.667. The normalized spacial score (nSPS) is 24.9. The number of nitrogens with zero attached hydrogens (tertiary/aromatic N) is 2. The Bertz CT molecular complexity index is 591. The molecule has 2 aliphatic rings. The van der Waals surface area contributed by atoms with Crippen LogP contribution in [-0.2, 0) is 10.2 Å². The molecule has 2 aliphatic heterocycles. The molecule has 4 heteroatoms. The van der Waals surface area contributed by atoms with Gasteiger partial charge in [-0.2, -0.15) is 0 Å². The molecule has 0 saturated carbocycles. The summed E-state index contributed by atoms with van der Waals surface area (Å²) in [5, 5.41) is 9.28. The Labute approximate surface area is 151 Å². The predicted octanol–water partition coefficient (Wildman–Crippen LogP) is 2.96. The SMILES string of the molecule is CC(C)(C)c1ccc([C@H]2CCCN2C(=O)CN2CC[C@H](CO)C2)cc1. The molecule has 2 atom stereocenters. The van der Waals surface area contributed by atoms with Crippen LogP contribution in [0.3, 0.4) is 0 Å². The highest BCUT2D eigenvalue weighted by atomic mass is 16.3. The maximum absolute atomic E-state index is 12.8. The molecular formula is C21H32N2O2. The van der Waals surface area contributed by atoms with Gasteiger partial charge in [-0.1, -0.05) is 45.0 Å². The van der Waals surface area contributed by atoms with Gasteiger partial charge in [-0.05, 0) is 48.3 Å². The number of aliphatic hydroxyl groups is 1. The summed E-state index contributed by atoms with van der Waals surface area (Å²) in [6, 6.07) is 9.05. The third-order valence-electron chi connectivity index (χ3n) is 5.72. The highest BCUT2D eigenvalue weighted by Gasteiger charge is 2.32. The summed E-state index contributed by atoms with van der Waals surface area (Å²) in [5.74, 6) is 0.577. The van der Waals surface area contributed by atoms with Crippen LogP contribution in [0.25, 0.3) is 0 Å². The first-order valence-electron chi connectivity index (χ1n) is 9.61. The summed E-state index contributed by atoms with van der Waals surface area (Å²) >= 11 is 0. The lowest BCUT2D eigenvalue weighted by Gasteiger charge is -2.28. The summed E-state index contributed by atoms with van der Waals surface area (Å²) in [6.45, 7) is 10.0. The molecule has 0 spiro atoms. The fourth-order valence-electron chi connectivity index (χ4n) is 4.10. The van der Waals surface area contributed by atoms with Crippen LogP contribution in [0.15, 0.2) is 24.3 Å². The maximum atomic E-state index is 12.8. The van der Waals surface area contributed by atoms with Crippen molar-refractivity contribution in [2.45, 2.75) is 51.5 Å². The zero-order valence-electron chi connectivity index (χ0n) is 15.9. The minimum absolute atomic E-state index is 0.155. The summed E-state index contributed by atoms with van der Waals surface area (Å²) in [7, 11) is 0. The number of aliphatic hydroxyl groups excluding tert-OH is 1. The molecule has 2 heterocycles. The van der Waals surface area contributed by atoms with Crippen LogP contribution in [0.2, 0.25) is 0 Å². The Morgan fingerprint density at radius 2 is 1.88 bits per heavy atom. The third-order valence-corrected chi connectivity index (χ3v) is 5.72. The van der Waals surface area contributed by atoms with Gasteiger partial charge in [-0.25, -0.2) is 0 Å². The lowest BCUT2D eigenvalue weighted by molar-refractivity contribution is -0.133. The van der Waals surface area contributed by atoms with E-state index < -0.39 is 0 Å². The Hall–Kier alpha value is -1.39. The number of carbonyl (C=O) groups excluding carboxylic acids is 1. The molecule has 2 saturated heterocycles. The van der Waals surface area contributed by atoms with Crippen LogP contribution < -0.4 is 0 Å². The monoisotopic (exact) mass is 344 g/mol. The van der Waals surface area contributed by atoms with Crippen molar-refractivity contribution in [2.75, 3.05) is 32.8 Å². The second kappa shape index (κ2) is 7.46. The number of rotatable bonds is 4. The first kappa shape index (κ1) is 18.4. The van der Waals surface area contributed by atoms with Crippen molar-refractivity contribution in [3.8, 4) is 0 Å². The van der Waals surface area contributed by atoms with Gasteiger partial charge in [-0.3, -0.25) is 9.69 Å². The van der Waals surface area contributed by atoms with Crippen LogP contribution in [0.4, 0.5) is 0 Å². The van der Waals surface area contributed by atoms with E-state index in [1.54, 1.807) is 0 Å². The number of amides is 1. The van der Waals surface area contributed by atoms with Gasteiger partial charge in [0, 0.05) is 19.7 Å². The van der Waals surface area contributed by atoms with Crippen LogP contribution in [-0.4, -0.2) is 53.6 Å². The second-order valence-corrected chi connectivity index (χ2v) is 8.69. The molecule has 2 fully saturated rings. The van der Waals surface area contributed by atoms with Gasteiger partial charge in [0.25, 0.3) is 0 Å². The number of benzene rings is 1. The molecule has 4 nitrogen and oxygen atoms in total. The second-order valence-electron chi connectivity index (χ2n) is 8.69. The Morgan fingerprint density at radius 3 is 2.48 bits per heavy atom. The molecule has 3 rings (SSSR count). The molecule has 0 unspecified atom stereocenters. The largest absolute Gasteiger partial charge is 0.396 e. The van der Waals surface area contributed by atoms with Crippen molar-refractivity contribution in [1.82, 2.24) is 9.80 Å². The maximum Gasteiger partial charge on any atom is 0.237 e. The van der Waals surface area contributed by atoms with Crippen molar-refractivity contribution in [1.29, 1.82) is 0 Å². The molecule has 1 aromatic carbocycles. The standard InChI is InChI=1S/C21H32N2O2/c1-21(2,3)18-8-6-17(7-9-18)19-5-4-11-23(19)20(25)14-22-12-10-16(13-22)15-24/h6-9,16,19,24H,4-5,10-15H2,1-3H3/t16-,19+/m0/s1. The van der Waals surface area contributed by atoms with Crippen LogP contribution in [0, 0.1) is 5.92 Å². The number of hydrogen-bond donors (Lipinski definition) is 1. The zero-order chi connectivity index (χ0) is 18.0. The van der Waals surface area contributed by atoms with E-state index in [4.69, 9.17) is 0 Å². The van der Waals surface area contributed by atoms with Gasteiger partial charge in [0.2, 0.25) is 5.91 Å². The first-order chi connectivity index (χ1) is 11.9. The van der Waals surface area contributed by atoms with Crippen molar-refractivity contribution in [3.05, 3.63) is 35.4 Å². The molecule has 1 N–H and O–H groups in total. The predicted molar refractivity (Wildman–Crippen MR) is 100 cm³/mol. The number of hydrogen-bond acceptors (Lipinski definition) is 3. The molecule has 0 radical (unpaired) electrons. The minimum atomic E-state index is 0.155. The quantitative estimate of drug-likeness (QED) is 0.913. The molecule has 0 aliphatic carbocycles. The third kappa shape index (κ3) is 4.24. The van der Waals surface area contributed by atoms with E-state index >= 15 is 0 Å². The summed E-state index contributed by atoms with van der Waals surface area (Å²) < 4.78 is 0. The average molecular weight is 344 g/mol. The van der Waals surface area contributed by atoms with E-state index in [0.29, 0.717) is 12.5 Å². The average Bonchev–Trinajstić information content (AvgIpc) is 3.23. The summed E-state index contributed by atoms with van der Waals surface area (Å²) in [4.78, 5) is 17.1. The van der Waals surface area contributed by atoms with Crippen LogP contribution >= 0.6 is 0 Å². The van der Waals surface area contributed by atoms with Gasteiger partial charge in [0.15, 0.2) is 0 Å². The molecule has 0 bridgehead atoms. The van der Waals surface area contributed by atoms with Gasteiger partial charge in [-0.15, -0.1) is 0 Å². The fourth-order valence-corrected chi connectivity index (χ4v) is 4.10. The van der Waals surface area contributed by atoms with E-state index in [-0.39, 0.29) is 24.0 Å². The lowest BCUT2D eigenvalue weighted by atomic mass is 9.86. The molecular weight excluding hydrogens is 312 g/mol. The van der Waals surface area contributed by atoms with E-state index in [0.717, 1.165) is 38.9 Å². The van der Waals surface area contributed by atoms with Crippen molar-refractivity contribution < 1.29 is 9.90 Å². The molecule has 1 amide bonds. The minimum Gasteiger partial charge on any atom is -0.396 e. The highest BCUT2D eigenvalue weighted by Crippen LogP contribution is 2.33. The Kier molecular flexibility index (Phi) is 5.49. The van der Waals surface area contributed by atoms with Gasteiger partial charge in [0.05, 0.1) is 12.6 Å².